The van der Waals surface area contributed by atoms with Crippen LogP contribution in [0.3, 0.4) is 0 Å². The summed E-state index contributed by atoms with van der Waals surface area (Å²) in [6.45, 7) is 8.13. The molecule has 4 nitrogen and oxygen atoms in total. The molecule has 3 aromatic carbocycles. The number of esters is 1. The van der Waals surface area contributed by atoms with E-state index in [0.29, 0.717) is 5.56 Å². The molecule has 0 bridgehead atoms. The van der Waals surface area contributed by atoms with Gasteiger partial charge in [-0.1, -0.05) is 29.8 Å². The molecule has 0 N–H and O–H groups in total. The Hall–Kier alpha value is -3.27. The van der Waals surface area contributed by atoms with E-state index in [4.69, 9.17) is 9.47 Å². The number of carbonyl (C=O) groups is 1. The molecule has 0 radical (unpaired) electrons. The Bertz CT molecular complexity index is 1130. The van der Waals surface area contributed by atoms with Crippen LogP contribution in [0.1, 0.15) is 46.5 Å². The fraction of sp³-hybridized carbons (Fsp3) is 0.240. The molecule has 146 valence electrons. The molecule has 0 aliphatic carbocycles. The second-order valence-corrected chi connectivity index (χ2v) is 7.57. The van der Waals surface area contributed by atoms with E-state index in [-0.39, 0.29) is 5.97 Å². The van der Waals surface area contributed by atoms with Crippen molar-refractivity contribution < 1.29 is 14.3 Å². The predicted octanol–water partition coefficient (Wildman–Crippen LogP) is 5.41. The Morgan fingerprint density at radius 1 is 0.862 bits per heavy atom. The molecule has 2 aliphatic rings. The maximum Gasteiger partial charge on any atom is 0.340 e. The summed E-state index contributed by atoms with van der Waals surface area (Å²) in [6, 6.07) is 19.9. The second-order valence-electron chi connectivity index (χ2n) is 7.57. The van der Waals surface area contributed by atoms with Crippen molar-refractivity contribution in [2.75, 3.05) is 18.0 Å². The summed E-state index contributed by atoms with van der Waals surface area (Å²) in [5, 5.41) is 0. The minimum atomic E-state index is -0.982. The van der Waals surface area contributed by atoms with E-state index < -0.39 is 5.60 Å². The number of ether oxygens (including phenoxy) is 2. The van der Waals surface area contributed by atoms with Gasteiger partial charge >= 0.3 is 5.97 Å². The van der Waals surface area contributed by atoms with Crippen LogP contribution in [0, 0.1) is 6.92 Å². The first kappa shape index (κ1) is 17.8. The summed E-state index contributed by atoms with van der Waals surface area (Å²) in [5.41, 5.74) is 4.43. The summed E-state index contributed by atoms with van der Waals surface area (Å²) in [5.74, 6) is 1.16. The van der Waals surface area contributed by atoms with Gasteiger partial charge < -0.3 is 14.4 Å². The van der Waals surface area contributed by atoms with Gasteiger partial charge in [-0.25, -0.2) is 4.79 Å². The molecule has 4 heteroatoms. The molecule has 3 aromatic rings. The number of aryl methyl sites for hydroxylation is 1. The number of hydrogen-bond donors (Lipinski definition) is 0. The third-order valence-corrected chi connectivity index (χ3v) is 5.98. The van der Waals surface area contributed by atoms with Gasteiger partial charge in [-0.05, 0) is 51.1 Å². The van der Waals surface area contributed by atoms with Crippen molar-refractivity contribution in [1.82, 2.24) is 0 Å². The topological polar surface area (TPSA) is 38.8 Å². The van der Waals surface area contributed by atoms with Gasteiger partial charge in [0, 0.05) is 41.5 Å². The van der Waals surface area contributed by atoms with Crippen molar-refractivity contribution in [3.63, 3.8) is 0 Å². The average Bonchev–Trinajstić information content (AvgIpc) is 3.03. The molecule has 0 fully saturated rings. The monoisotopic (exact) mass is 385 g/mol. The highest BCUT2D eigenvalue weighted by Gasteiger charge is 2.53. The van der Waals surface area contributed by atoms with Crippen LogP contribution in [0.15, 0.2) is 60.7 Å². The van der Waals surface area contributed by atoms with Gasteiger partial charge in [0.1, 0.15) is 11.5 Å². The van der Waals surface area contributed by atoms with E-state index >= 15 is 0 Å². The Labute approximate surface area is 170 Å². The number of rotatable bonds is 3. The highest BCUT2D eigenvalue weighted by Crippen LogP contribution is 2.56. The normalized spacial score (nSPS) is 18.5. The van der Waals surface area contributed by atoms with E-state index in [1.807, 2.05) is 49.4 Å². The number of hydrogen-bond acceptors (Lipinski definition) is 4. The number of anilines is 1. The predicted molar refractivity (Wildman–Crippen MR) is 113 cm³/mol. The summed E-state index contributed by atoms with van der Waals surface area (Å²) in [7, 11) is 0. The molecule has 0 amide bonds. The van der Waals surface area contributed by atoms with Gasteiger partial charge in [-0.15, -0.1) is 0 Å². The summed E-state index contributed by atoms with van der Waals surface area (Å²) in [4.78, 5) is 15.1. The van der Waals surface area contributed by atoms with Crippen LogP contribution in [0.5, 0.6) is 11.5 Å². The first-order valence-electron chi connectivity index (χ1n) is 10.1. The molecule has 0 saturated carbocycles. The van der Waals surface area contributed by atoms with Gasteiger partial charge in [0.05, 0.1) is 5.56 Å². The molecule has 29 heavy (non-hydrogen) atoms. The highest BCUT2D eigenvalue weighted by atomic mass is 16.6. The highest BCUT2D eigenvalue weighted by molar-refractivity contribution is 5.97. The molecule has 0 aromatic heterocycles. The van der Waals surface area contributed by atoms with E-state index in [1.165, 1.54) is 0 Å². The van der Waals surface area contributed by atoms with Crippen molar-refractivity contribution >= 4 is 11.7 Å². The zero-order chi connectivity index (χ0) is 20.2. The quantitative estimate of drug-likeness (QED) is 0.565. The van der Waals surface area contributed by atoms with Crippen molar-refractivity contribution in [3.8, 4) is 11.5 Å². The van der Waals surface area contributed by atoms with Crippen LogP contribution in [-0.4, -0.2) is 19.1 Å². The van der Waals surface area contributed by atoms with Crippen LogP contribution >= 0.6 is 0 Å². The van der Waals surface area contributed by atoms with Crippen molar-refractivity contribution in [3.05, 3.63) is 88.5 Å². The van der Waals surface area contributed by atoms with Crippen molar-refractivity contribution in [2.24, 2.45) is 0 Å². The van der Waals surface area contributed by atoms with E-state index in [9.17, 15) is 4.79 Å². The Kier molecular flexibility index (Phi) is 3.91. The molecule has 2 aliphatic heterocycles. The third kappa shape index (κ3) is 2.42. The number of benzene rings is 3. The molecule has 2 heterocycles. The van der Waals surface area contributed by atoms with E-state index in [1.54, 1.807) is 0 Å². The Morgan fingerprint density at radius 2 is 1.66 bits per heavy atom. The second kappa shape index (κ2) is 6.38. The minimum Gasteiger partial charge on any atom is -0.456 e. The molecule has 5 rings (SSSR count). The molecule has 0 saturated heterocycles. The van der Waals surface area contributed by atoms with Gasteiger partial charge in [0.2, 0.25) is 0 Å². The van der Waals surface area contributed by atoms with Gasteiger partial charge in [-0.3, -0.25) is 0 Å². The summed E-state index contributed by atoms with van der Waals surface area (Å²) in [6.07, 6.45) is 0. The van der Waals surface area contributed by atoms with Gasteiger partial charge in [0.15, 0.2) is 5.60 Å². The Morgan fingerprint density at radius 3 is 2.45 bits per heavy atom. The molecule has 1 spiro atoms. The molecule has 1 atom stereocenters. The zero-order valence-corrected chi connectivity index (χ0v) is 16.9. The lowest BCUT2D eigenvalue weighted by Crippen LogP contribution is -2.33. The van der Waals surface area contributed by atoms with Gasteiger partial charge in [0.25, 0.3) is 0 Å². The maximum absolute atomic E-state index is 12.8. The average molecular weight is 385 g/mol. The first-order valence-corrected chi connectivity index (χ1v) is 10.1. The zero-order valence-electron chi connectivity index (χ0n) is 16.9. The summed E-state index contributed by atoms with van der Waals surface area (Å²) >= 11 is 0. The lowest BCUT2D eigenvalue weighted by molar-refractivity contribution is 0.0224. The van der Waals surface area contributed by atoms with Crippen LogP contribution in [-0.2, 0) is 10.3 Å². The number of nitrogens with zero attached hydrogens (tertiary/aromatic N) is 1. The standard InChI is InChI=1S/C25H23NO3/c1-4-26(5-2)17-11-12-20-23(15-17)28-22-13-10-16(3)14-21(22)25(20)19-9-7-6-8-18(19)24(27)29-25/h6-15H,4-5H2,1-3H3/t25-/m1/s1. The van der Waals surface area contributed by atoms with Crippen LogP contribution in [0.25, 0.3) is 0 Å². The smallest absolute Gasteiger partial charge is 0.340 e. The summed E-state index contributed by atoms with van der Waals surface area (Å²) < 4.78 is 12.5. The van der Waals surface area contributed by atoms with E-state index in [0.717, 1.165) is 52.5 Å². The fourth-order valence-corrected chi connectivity index (χ4v) is 4.56. The molecular formula is C25H23NO3. The lowest BCUT2D eigenvalue weighted by atomic mass is 9.77. The fourth-order valence-electron chi connectivity index (χ4n) is 4.56. The van der Waals surface area contributed by atoms with Crippen LogP contribution < -0.4 is 9.64 Å². The first-order chi connectivity index (χ1) is 14.1. The van der Waals surface area contributed by atoms with Crippen molar-refractivity contribution in [2.45, 2.75) is 26.4 Å². The van der Waals surface area contributed by atoms with E-state index in [2.05, 4.69) is 36.9 Å². The number of carbonyl (C=O) groups excluding carboxylic acids is 1. The Balaban J connectivity index is 1.81. The van der Waals surface area contributed by atoms with Crippen LogP contribution in [0.2, 0.25) is 0 Å². The lowest BCUT2D eigenvalue weighted by Gasteiger charge is -2.37. The van der Waals surface area contributed by atoms with Crippen LogP contribution in [0.4, 0.5) is 5.69 Å². The van der Waals surface area contributed by atoms with Crippen molar-refractivity contribution in [1.29, 1.82) is 0 Å². The third-order valence-electron chi connectivity index (χ3n) is 5.98. The largest absolute Gasteiger partial charge is 0.456 e. The molecule has 0 unspecified atom stereocenters. The molecular weight excluding hydrogens is 362 g/mol. The SMILES string of the molecule is CCN(CC)c1ccc2c(c1)Oc1ccc(C)cc1[C@]21OC(=O)c2ccccc21. The van der Waals surface area contributed by atoms with Gasteiger partial charge in [-0.2, -0.15) is 0 Å². The minimum absolute atomic E-state index is 0.297. The number of fused-ring (bicyclic) bond motifs is 6. The maximum atomic E-state index is 12.8.